The van der Waals surface area contributed by atoms with E-state index in [4.69, 9.17) is 4.74 Å². The number of carbonyl (C=O) groups is 1. The summed E-state index contributed by atoms with van der Waals surface area (Å²) < 4.78 is 5.33. The number of amides is 1. The van der Waals surface area contributed by atoms with E-state index >= 15 is 0 Å². The summed E-state index contributed by atoms with van der Waals surface area (Å²) in [5.41, 5.74) is 0.492. The van der Waals surface area contributed by atoms with E-state index in [9.17, 15) is 9.90 Å². The number of rotatable bonds is 9. The minimum Gasteiger partial charge on any atom is -0.444 e. The van der Waals surface area contributed by atoms with Gasteiger partial charge in [0.05, 0.1) is 12.1 Å². The molecule has 1 aromatic rings. The largest absolute Gasteiger partial charge is 0.444 e. The molecule has 0 fully saturated rings. The van der Waals surface area contributed by atoms with Crippen LogP contribution in [0.1, 0.15) is 46.6 Å². The molecule has 3 N–H and O–H groups in total. The highest BCUT2D eigenvalue weighted by molar-refractivity contribution is 5.68. The lowest BCUT2D eigenvalue weighted by Gasteiger charge is -2.27. The van der Waals surface area contributed by atoms with Gasteiger partial charge in [0.1, 0.15) is 5.60 Å². The number of ether oxygens (including phenoxy) is 1. The molecule has 0 saturated heterocycles. The first-order valence-corrected chi connectivity index (χ1v) is 9.09. The molecule has 1 aromatic carbocycles. The quantitative estimate of drug-likeness (QED) is 0.599. The fraction of sp³-hybridized carbons (Fsp3) is 0.650. The van der Waals surface area contributed by atoms with Crippen LogP contribution < -0.4 is 10.6 Å². The van der Waals surface area contributed by atoms with E-state index in [-0.39, 0.29) is 0 Å². The Labute approximate surface area is 152 Å². The predicted molar refractivity (Wildman–Crippen MR) is 102 cm³/mol. The third-order valence-electron chi connectivity index (χ3n) is 3.72. The fourth-order valence-electron chi connectivity index (χ4n) is 2.39. The molecule has 0 unspecified atom stereocenters. The lowest BCUT2D eigenvalue weighted by molar-refractivity contribution is 0.0422. The average Bonchev–Trinajstić information content (AvgIpc) is 2.49. The number of hydrogen-bond donors (Lipinski definition) is 3. The first kappa shape index (κ1) is 21.5. The van der Waals surface area contributed by atoms with Crippen molar-refractivity contribution in [3.8, 4) is 0 Å². The standard InChI is InChI=1S/C20H34N2O3/c1-15(2)11-12-21-14-18(23)17(13-16-9-7-6-8-10-16)22-19(24)25-20(3,4)5/h6-10,15,17-18,21,23H,11-14H2,1-5H3,(H,22,24)/t17-,18+/m0/s1. The molecule has 0 aliphatic rings. The Morgan fingerprint density at radius 1 is 1.20 bits per heavy atom. The molecule has 0 heterocycles. The summed E-state index contributed by atoms with van der Waals surface area (Å²) in [6.07, 6.45) is 0.400. The van der Waals surface area contributed by atoms with Crippen LogP contribution in [0.4, 0.5) is 4.79 Å². The normalized spacial score (nSPS) is 14.2. The highest BCUT2D eigenvalue weighted by Gasteiger charge is 2.24. The summed E-state index contributed by atoms with van der Waals surface area (Å²) in [5.74, 6) is 0.615. The van der Waals surface area contributed by atoms with Gasteiger partial charge in [-0.3, -0.25) is 0 Å². The molecule has 142 valence electrons. The van der Waals surface area contributed by atoms with E-state index in [0.29, 0.717) is 18.9 Å². The van der Waals surface area contributed by atoms with Gasteiger partial charge in [-0.1, -0.05) is 44.2 Å². The number of benzene rings is 1. The maximum absolute atomic E-state index is 12.1. The van der Waals surface area contributed by atoms with Crippen molar-refractivity contribution in [3.05, 3.63) is 35.9 Å². The van der Waals surface area contributed by atoms with Crippen molar-refractivity contribution in [2.24, 2.45) is 5.92 Å². The van der Waals surface area contributed by atoms with Gasteiger partial charge in [0.25, 0.3) is 0 Å². The first-order chi connectivity index (χ1) is 11.7. The van der Waals surface area contributed by atoms with Gasteiger partial charge in [-0.2, -0.15) is 0 Å². The molecular weight excluding hydrogens is 316 g/mol. The van der Waals surface area contributed by atoms with E-state index in [1.54, 1.807) is 0 Å². The van der Waals surface area contributed by atoms with Gasteiger partial charge in [-0.05, 0) is 51.6 Å². The highest BCUT2D eigenvalue weighted by atomic mass is 16.6. The Bertz CT molecular complexity index is 497. The SMILES string of the molecule is CC(C)CCNC[C@@H](O)[C@H](Cc1ccccc1)NC(=O)OC(C)(C)C. The van der Waals surface area contributed by atoms with Crippen LogP contribution in [0, 0.1) is 5.92 Å². The van der Waals surface area contributed by atoms with Crippen molar-refractivity contribution in [2.75, 3.05) is 13.1 Å². The zero-order valence-corrected chi connectivity index (χ0v) is 16.2. The fourth-order valence-corrected chi connectivity index (χ4v) is 2.39. The van der Waals surface area contributed by atoms with Gasteiger partial charge in [-0.15, -0.1) is 0 Å². The third kappa shape index (κ3) is 10.1. The molecule has 2 atom stereocenters. The Balaban J connectivity index is 2.64. The van der Waals surface area contributed by atoms with Gasteiger partial charge in [-0.25, -0.2) is 4.79 Å². The molecule has 1 rings (SSSR count). The van der Waals surface area contributed by atoms with Crippen LogP contribution in [0.25, 0.3) is 0 Å². The zero-order valence-electron chi connectivity index (χ0n) is 16.2. The van der Waals surface area contributed by atoms with Gasteiger partial charge >= 0.3 is 6.09 Å². The van der Waals surface area contributed by atoms with Crippen LogP contribution in [0.5, 0.6) is 0 Å². The minimum atomic E-state index is -0.695. The van der Waals surface area contributed by atoms with Gasteiger partial charge in [0.2, 0.25) is 0 Å². The monoisotopic (exact) mass is 350 g/mol. The number of aliphatic hydroxyl groups excluding tert-OH is 1. The lowest BCUT2D eigenvalue weighted by atomic mass is 10.0. The molecular formula is C20H34N2O3. The first-order valence-electron chi connectivity index (χ1n) is 9.09. The summed E-state index contributed by atoms with van der Waals surface area (Å²) >= 11 is 0. The second-order valence-corrected chi connectivity index (χ2v) is 7.90. The Morgan fingerprint density at radius 3 is 2.40 bits per heavy atom. The van der Waals surface area contributed by atoms with E-state index in [0.717, 1.165) is 18.5 Å². The lowest BCUT2D eigenvalue weighted by Crippen LogP contribution is -2.50. The molecule has 0 spiro atoms. The number of carbonyl (C=O) groups excluding carboxylic acids is 1. The molecule has 0 aliphatic carbocycles. The molecule has 0 aliphatic heterocycles. The van der Waals surface area contributed by atoms with Crippen LogP contribution in [-0.4, -0.2) is 42.0 Å². The summed E-state index contributed by atoms with van der Waals surface area (Å²) in [7, 11) is 0. The zero-order chi connectivity index (χ0) is 18.9. The topological polar surface area (TPSA) is 70.6 Å². The molecule has 5 heteroatoms. The van der Waals surface area contributed by atoms with Crippen LogP contribution >= 0.6 is 0 Å². The third-order valence-corrected chi connectivity index (χ3v) is 3.72. The highest BCUT2D eigenvalue weighted by Crippen LogP contribution is 2.10. The van der Waals surface area contributed by atoms with Crippen LogP contribution in [0.15, 0.2) is 30.3 Å². The van der Waals surface area contributed by atoms with Crippen molar-refractivity contribution < 1.29 is 14.6 Å². The van der Waals surface area contributed by atoms with Crippen LogP contribution in [0.3, 0.4) is 0 Å². The van der Waals surface area contributed by atoms with Crippen molar-refractivity contribution in [1.29, 1.82) is 0 Å². The number of aliphatic hydroxyl groups is 1. The van der Waals surface area contributed by atoms with E-state index in [1.165, 1.54) is 0 Å². The van der Waals surface area contributed by atoms with Gasteiger partial charge < -0.3 is 20.5 Å². The molecule has 0 aromatic heterocycles. The molecule has 1 amide bonds. The molecule has 0 saturated carbocycles. The maximum atomic E-state index is 12.1. The van der Waals surface area contributed by atoms with E-state index in [2.05, 4.69) is 24.5 Å². The average molecular weight is 351 g/mol. The predicted octanol–water partition coefficient (Wildman–Crippen LogP) is 3.12. The van der Waals surface area contributed by atoms with Crippen LogP contribution in [-0.2, 0) is 11.2 Å². The number of hydrogen-bond acceptors (Lipinski definition) is 4. The second-order valence-electron chi connectivity index (χ2n) is 7.90. The Kier molecular flexibility index (Phi) is 8.93. The minimum absolute atomic E-state index is 0.413. The summed E-state index contributed by atoms with van der Waals surface area (Å²) in [6.45, 7) is 11.1. The molecule has 5 nitrogen and oxygen atoms in total. The summed E-state index contributed by atoms with van der Waals surface area (Å²) in [5, 5.41) is 16.6. The Morgan fingerprint density at radius 2 is 1.84 bits per heavy atom. The summed E-state index contributed by atoms with van der Waals surface area (Å²) in [6, 6.07) is 9.42. The van der Waals surface area contributed by atoms with Crippen molar-refractivity contribution in [2.45, 2.75) is 65.2 Å². The summed E-state index contributed by atoms with van der Waals surface area (Å²) in [4.78, 5) is 12.1. The smallest absolute Gasteiger partial charge is 0.407 e. The molecule has 25 heavy (non-hydrogen) atoms. The number of alkyl carbamates (subject to hydrolysis) is 1. The number of nitrogens with one attached hydrogen (secondary N) is 2. The van der Waals surface area contributed by atoms with Gasteiger partial charge in [0.15, 0.2) is 0 Å². The molecule has 0 radical (unpaired) electrons. The van der Waals surface area contributed by atoms with Gasteiger partial charge in [0, 0.05) is 6.54 Å². The van der Waals surface area contributed by atoms with Crippen molar-refractivity contribution in [1.82, 2.24) is 10.6 Å². The molecule has 0 bridgehead atoms. The second kappa shape index (κ2) is 10.4. The van der Waals surface area contributed by atoms with Crippen LogP contribution in [0.2, 0.25) is 0 Å². The van der Waals surface area contributed by atoms with E-state index < -0.39 is 23.8 Å². The van der Waals surface area contributed by atoms with Crippen molar-refractivity contribution in [3.63, 3.8) is 0 Å². The van der Waals surface area contributed by atoms with Crippen molar-refractivity contribution >= 4 is 6.09 Å². The van der Waals surface area contributed by atoms with E-state index in [1.807, 2.05) is 51.1 Å². The Hall–Kier alpha value is -1.59. The maximum Gasteiger partial charge on any atom is 0.407 e.